The van der Waals surface area contributed by atoms with Crippen LogP contribution in [0.5, 0.6) is 0 Å². The van der Waals surface area contributed by atoms with Crippen LogP contribution in [0.3, 0.4) is 0 Å². The van der Waals surface area contributed by atoms with Crippen molar-refractivity contribution in [3.8, 4) is 0 Å². The average molecular weight is 714 g/mol. The molecule has 9 rings (SSSR count). The van der Waals surface area contributed by atoms with Crippen molar-refractivity contribution < 1.29 is 0 Å². The highest BCUT2D eigenvalue weighted by Crippen LogP contribution is 2.58. The molecule has 0 saturated carbocycles. The number of rotatable bonds is 3. The van der Waals surface area contributed by atoms with E-state index in [0.29, 0.717) is 0 Å². The zero-order valence-electron chi connectivity index (χ0n) is 31.0. The number of hydrogen-bond donors (Lipinski definition) is 0. The van der Waals surface area contributed by atoms with E-state index < -0.39 is 24.2 Å². The Morgan fingerprint density at radius 1 is 0.569 bits per heavy atom. The number of allylic oxidation sites excluding steroid dienone is 4. The zero-order valence-corrected chi connectivity index (χ0v) is 34.0. The molecule has 5 aromatic carbocycles. The lowest BCUT2D eigenvalue weighted by atomic mass is 9.91. The van der Waals surface area contributed by atoms with E-state index in [0.717, 1.165) is 6.42 Å². The van der Waals surface area contributed by atoms with Crippen molar-refractivity contribution in [3.05, 3.63) is 151 Å². The summed E-state index contributed by atoms with van der Waals surface area (Å²) >= 11 is 0. The highest BCUT2D eigenvalue weighted by atomic mass is 28.3. The van der Waals surface area contributed by atoms with Gasteiger partial charge in [0, 0.05) is 57.6 Å². The summed E-state index contributed by atoms with van der Waals surface area (Å²) in [7, 11) is -3.87. The van der Waals surface area contributed by atoms with Crippen LogP contribution >= 0.6 is 0 Å². The van der Waals surface area contributed by atoms with E-state index in [1.807, 2.05) is 0 Å². The molecule has 3 aliphatic heterocycles. The van der Waals surface area contributed by atoms with Gasteiger partial charge in [0.05, 0.1) is 0 Å². The van der Waals surface area contributed by atoms with Gasteiger partial charge in [0.1, 0.15) is 24.2 Å². The summed E-state index contributed by atoms with van der Waals surface area (Å²) in [5, 5.41) is 7.36. The lowest BCUT2D eigenvalue weighted by Crippen LogP contribution is -2.62. The topological polar surface area (TPSA) is 9.72 Å². The second kappa shape index (κ2) is 10.9. The smallest absolute Gasteiger partial charge is 0.121 e. The predicted molar refractivity (Wildman–Crippen MR) is 229 cm³/mol. The molecule has 6 heteroatoms. The highest BCUT2D eigenvalue weighted by molar-refractivity contribution is 7.03. The summed E-state index contributed by atoms with van der Waals surface area (Å²) in [6, 6.07) is 43.8. The first-order chi connectivity index (χ1) is 24.4. The van der Waals surface area contributed by atoms with Gasteiger partial charge in [0.15, 0.2) is 0 Å². The fourth-order valence-electron chi connectivity index (χ4n) is 10.0. The number of hydrogen-bond acceptors (Lipinski definition) is 3. The molecule has 1 aliphatic carbocycles. The molecular weight excluding hydrogens is 667 g/mol. The lowest BCUT2D eigenvalue weighted by Gasteiger charge is -2.56. The average Bonchev–Trinajstić information content (AvgIpc) is 3.14. The van der Waals surface area contributed by atoms with Gasteiger partial charge in [-0.3, -0.25) is 0 Å². The summed E-state index contributed by atoms with van der Waals surface area (Å²) in [5.41, 5.74) is 13.0. The van der Waals surface area contributed by atoms with Gasteiger partial charge in [-0.25, -0.2) is 0 Å². The Balaban J connectivity index is 1.20. The van der Waals surface area contributed by atoms with E-state index >= 15 is 0 Å². The molecule has 3 nitrogen and oxygen atoms in total. The fraction of sp³-hybridized carbons (Fsp3) is 0.200. The third kappa shape index (κ3) is 4.21. The van der Waals surface area contributed by atoms with Crippen LogP contribution in [0, 0.1) is 0 Å². The molecule has 0 bridgehead atoms. The molecule has 2 unspecified atom stereocenters. The third-order valence-corrected chi connectivity index (χ3v) is 25.3. The standard InChI is InChI=1S/C45H47N3Si3/c1-9-51(8)43-30-32(47-35-18-10-14-22-39(35)49(4,5)40-23-15-11-19-36(40)47)26-28-34(43)46(3)44-29-27-33(31-45(44,51)2)48-37-20-12-16-24-41(37)50(6,7)42-25-17-13-21-38(42)48/h9-30H,1,31H2,2-8H3. The number of nitrogens with zero attached hydrogens (tertiary/aromatic N) is 3. The van der Waals surface area contributed by atoms with Gasteiger partial charge in [-0.15, -0.1) is 6.58 Å². The van der Waals surface area contributed by atoms with Crippen molar-refractivity contribution in [1.82, 2.24) is 0 Å². The van der Waals surface area contributed by atoms with Gasteiger partial charge in [-0.1, -0.05) is 118 Å². The van der Waals surface area contributed by atoms with Crippen LogP contribution in [0.4, 0.5) is 34.1 Å². The maximum atomic E-state index is 4.66. The van der Waals surface area contributed by atoms with Crippen molar-refractivity contribution in [2.45, 2.75) is 51.1 Å². The molecule has 0 N–H and O–H groups in total. The fourth-order valence-corrected chi connectivity index (χ4v) is 19.8. The maximum absolute atomic E-state index is 4.66. The Morgan fingerprint density at radius 2 is 1.02 bits per heavy atom. The van der Waals surface area contributed by atoms with E-state index in [1.165, 1.54) is 71.5 Å². The SMILES string of the molecule is C=C[Si]1(C)c2cc(N3c4ccccc4[Si](C)(C)c4ccccc43)ccc2N(C)C2=CC=C(N3c4ccccc4[Si](C)(C)c4ccccc43)CC21C. The van der Waals surface area contributed by atoms with E-state index in [2.05, 4.69) is 201 Å². The van der Waals surface area contributed by atoms with Gasteiger partial charge < -0.3 is 14.7 Å². The first kappa shape index (κ1) is 32.3. The summed E-state index contributed by atoms with van der Waals surface area (Å²) in [6.07, 6.45) is 5.78. The van der Waals surface area contributed by atoms with Crippen LogP contribution in [-0.4, -0.2) is 31.3 Å². The van der Waals surface area contributed by atoms with Crippen LogP contribution in [0.15, 0.2) is 151 Å². The zero-order chi connectivity index (χ0) is 35.5. The molecule has 3 heterocycles. The minimum absolute atomic E-state index is 0.111. The van der Waals surface area contributed by atoms with E-state index in [-0.39, 0.29) is 5.04 Å². The first-order valence-electron chi connectivity index (χ1n) is 18.3. The van der Waals surface area contributed by atoms with Crippen molar-refractivity contribution in [3.63, 3.8) is 0 Å². The number of anilines is 6. The summed E-state index contributed by atoms with van der Waals surface area (Å²) < 4.78 is 0. The molecule has 0 spiro atoms. The van der Waals surface area contributed by atoms with Gasteiger partial charge in [0.25, 0.3) is 0 Å². The monoisotopic (exact) mass is 713 g/mol. The molecule has 0 saturated heterocycles. The summed E-state index contributed by atoms with van der Waals surface area (Å²) in [6.45, 7) is 19.8. The molecule has 0 radical (unpaired) electrons. The van der Waals surface area contributed by atoms with Crippen LogP contribution in [0.25, 0.3) is 0 Å². The maximum Gasteiger partial charge on any atom is 0.121 e. The second-order valence-corrected chi connectivity index (χ2v) is 29.5. The van der Waals surface area contributed by atoms with Gasteiger partial charge in [0.2, 0.25) is 0 Å². The molecular formula is C45H47N3Si3. The molecule has 0 aromatic heterocycles. The molecule has 254 valence electrons. The minimum atomic E-state index is -2.41. The van der Waals surface area contributed by atoms with Crippen molar-refractivity contribution in [1.29, 1.82) is 0 Å². The number of fused-ring (bicyclic) bond motifs is 6. The van der Waals surface area contributed by atoms with Crippen molar-refractivity contribution in [2.75, 3.05) is 21.7 Å². The summed E-state index contributed by atoms with van der Waals surface area (Å²) in [4.78, 5) is 7.61. The largest absolute Gasteiger partial charge is 0.348 e. The Labute approximate surface area is 306 Å². The summed E-state index contributed by atoms with van der Waals surface area (Å²) in [5.74, 6) is 0. The highest BCUT2D eigenvalue weighted by Gasteiger charge is 2.56. The molecule has 0 fully saturated rings. The van der Waals surface area contributed by atoms with Gasteiger partial charge in [-0.05, 0) is 87.0 Å². The first-order valence-corrected chi connectivity index (χ1v) is 26.9. The Morgan fingerprint density at radius 3 is 1.49 bits per heavy atom. The minimum Gasteiger partial charge on any atom is -0.348 e. The van der Waals surface area contributed by atoms with Crippen LogP contribution in [-0.2, 0) is 0 Å². The Bertz CT molecular complexity index is 2260. The quantitative estimate of drug-likeness (QED) is 0.173. The van der Waals surface area contributed by atoms with E-state index in [9.17, 15) is 0 Å². The Hall–Kier alpha value is -4.63. The van der Waals surface area contributed by atoms with Crippen LogP contribution < -0.4 is 40.6 Å². The normalized spacial score (nSPS) is 23.4. The number of para-hydroxylation sites is 4. The molecule has 0 amide bonds. The van der Waals surface area contributed by atoms with E-state index in [1.54, 1.807) is 0 Å². The van der Waals surface area contributed by atoms with Crippen LogP contribution in [0.1, 0.15) is 13.3 Å². The Kier molecular flexibility index (Phi) is 6.92. The van der Waals surface area contributed by atoms with Crippen molar-refractivity contribution >= 4 is 84.3 Å². The second-order valence-electron chi connectivity index (χ2n) is 16.4. The third-order valence-electron chi connectivity index (χ3n) is 13.2. The number of benzene rings is 5. The van der Waals surface area contributed by atoms with Gasteiger partial charge in [-0.2, -0.15) is 0 Å². The molecule has 5 aromatic rings. The van der Waals surface area contributed by atoms with Crippen LogP contribution in [0.2, 0.25) is 37.8 Å². The van der Waals surface area contributed by atoms with Gasteiger partial charge >= 0.3 is 0 Å². The molecule has 2 atom stereocenters. The molecule has 4 aliphatic rings. The lowest BCUT2D eigenvalue weighted by molar-refractivity contribution is 0.629. The molecule has 51 heavy (non-hydrogen) atoms. The van der Waals surface area contributed by atoms with E-state index in [4.69, 9.17) is 0 Å². The van der Waals surface area contributed by atoms with Crippen molar-refractivity contribution in [2.24, 2.45) is 0 Å². The predicted octanol–water partition coefficient (Wildman–Crippen LogP) is 8.66.